The van der Waals surface area contributed by atoms with Crippen LogP contribution in [0.4, 0.5) is 0 Å². The zero-order valence-corrected chi connectivity index (χ0v) is 8.89. The molecule has 0 radical (unpaired) electrons. The molecule has 0 spiro atoms. The Morgan fingerprint density at radius 3 is 2.08 bits per heavy atom. The third-order valence-electron chi connectivity index (χ3n) is 2.76. The van der Waals surface area contributed by atoms with E-state index in [-0.39, 0.29) is 18.3 Å². The van der Waals surface area contributed by atoms with Gasteiger partial charge in [-0.2, -0.15) is 0 Å². The van der Waals surface area contributed by atoms with Crippen molar-refractivity contribution < 1.29 is 9.31 Å². The first-order chi connectivity index (χ1) is 5.89. The summed E-state index contributed by atoms with van der Waals surface area (Å²) in [4.78, 5) is 0. The van der Waals surface area contributed by atoms with Crippen LogP contribution in [-0.2, 0) is 9.31 Å². The molecule has 0 atom stereocenters. The topological polar surface area (TPSA) is 18.5 Å². The van der Waals surface area contributed by atoms with Gasteiger partial charge >= 0.3 is 7.12 Å². The van der Waals surface area contributed by atoms with Gasteiger partial charge in [-0.05, 0) is 33.8 Å². The van der Waals surface area contributed by atoms with Crippen molar-refractivity contribution in [2.24, 2.45) is 0 Å². The van der Waals surface area contributed by atoms with Gasteiger partial charge in [-0.1, -0.05) is 6.58 Å². The Labute approximate surface area is 80.8 Å². The summed E-state index contributed by atoms with van der Waals surface area (Å²) in [6.07, 6.45) is 2.55. The molecule has 0 amide bonds. The summed E-state index contributed by atoms with van der Waals surface area (Å²) in [6, 6.07) is 0. The molecule has 0 N–H and O–H groups in total. The van der Waals surface area contributed by atoms with E-state index in [1.54, 1.807) is 0 Å². The van der Waals surface area contributed by atoms with Crippen molar-refractivity contribution in [3.63, 3.8) is 0 Å². The van der Waals surface area contributed by atoms with Gasteiger partial charge in [0, 0.05) is 6.32 Å². The lowest BCUT2D eigenvalue weighted by atomic mass is 9.85. The van der Waals surface area contributed by atoms with Crippen LogP contribution in [0.5, 0.6) is 0 Å². The maximum atomic E-state index is 5.74. The first kappa shape index (κ1) is 10.6. The van der Waals surface area contributed by atoms with Crippen LogP contribution < -0.4 is 0 Å². The smallest absolute Gasteiger partial charge is 0.403 e. The molecule has 0 aromatic heterocycles. The fraction of sp³-hybridized carbons (Fsp3) is 0.700. The summed E-state index contributed by atoms with van der Waals surface area (Å²) >= 11 is 0. The third-order valence-corrected chi connectivity index (χ3v) is 2.76. The molecule has 1 rings (SSSR count). The SMILES string of the molecule is C=C=CCB1OC(C)(C)C(C)(C)O1. The normalized spacial score (nSPS) is 24.2. The van der Waals surface area contributed by atoms with Crippen molar-refractivity contribution in [2.75, 3.05) is 0 Å². The van der Waals surface area contributed by atoms with E-state index in [1.807, 2.05) is 33.8 Å². The first-order valence-electron chi connectivity index (χ1n) is 4.59. The molecule has 3 heteroatoms. The zero-order chi connectivity index (χ0) is 10.1. The van der Waals surface area contributed by atoms with E-state index in [1.165, 1.54) is 0 Å². The molecule has 1 aliphatic rings. The van der Waals surface area contributed by atoms with E-state index in [0.717, 1.165) is 6.32 Å². The van der Waals surface area contributed by atoms with E-state index in [0.29, 0.717) is 0 Å². The van der Waals surface area contributed by atoms with Crippen LogP contribution >= 0.6 is 0 Å². The van der Waals surface area contributed by atoms with Crippen LogP contribution in [0, 0.1) is 0 Å². The van der Waals surface area contributed by atoms with Gasteiger partial charge in [0.05, 0.1) is 11.2 Å². The summed E-state index contributed by atoms with van der Waals surface area (Å²) in [5.41, 5.74) is 2.26. The number of hydrogen-bond donors (Lipinski definition) is 0. The predicted octanol–water partition coefficient (Wildman–Crippen LogP) is 2.42. The molecule has 0 aromatic rings. The van der Waals surface area contributed by atoms with Crippen molar-refractivity contribution in [2.45, 2.75) is 45.2 Å². The molecule has 0 aliphatic carbocycles. The summed E-state index contributed by atoms with van der Waals surface area (Å²) in [5.74, 6) is 0. The highest BCUT2D eigenvalue weighted by molar-refractivity contribution is 6.46. The van der Waals surface area contributed by atoms with Crippen molar-refractivity contribution in [3.8, 4) is 0 Å². The monoisotopic (exact) mass is 180 g/mol. The van der Waals surface area contributed by atoms with Crippen molar-refractivity contribution in [3.05, 3.63) is 18.4 Å². The second-order valence-corrected chi connectivity index (χ2v) is 4.33. The Balaban J connectivity index is 2.65. The van der Waals surface area contributed by atoms with Crippen LogP contribution in [0.3, 0.4) is 0 Å². The Hall–Kier alpha value is -0.495. The molecule has 2 nitrogen and oxygen atoms in total. The fourth-order valence-corrected chi connectivity index (χ4v) is 1.24. The van der Waals surface area contributed by atoms with Crippen LogP contribution in [0.15, 0.2) is 18.4 Å². The third kappa shape index (κ3) is 2.05. The van der Waals surface area contributed by atoms with Crippen molar-refractivity contribution in [1.82, 2.24) is 0 Å². The van der Waals surface area contributed by atoms with Gasteiger partial charge in [0.25, 0.3) is 0 Å². The van der Waals surface area contributed by atoms with Crippen LogP contribution in [0.25, 0.3) is 0 Å². The van der Waals surface area contributed by atoms with Crippen molar-refractivity contribution in [1.29, 1.82) is 0 Å². The average Bonchev–Trinajstić information content (AvgIpc) is 2.17. The Morgan fingerprint density at radius 1 is 1.23 bits per heavy atom. The molecule has 13 heavy (non-hydrogen) atoms. The number of allylic oxidation sites excluding steroid dienone is 1. The lowest BCUT2D eigenvalue weighted by Gasteiger charge is -2.32. The molecule has 0 saturated carbocycles. The largest absolute Gasteiger partial charge is 0.462 e. The van der Waals surface area contributed by atoms with E-state index in [4.69, 9.17) is 9.31 Å². The summed E-state index contributed by atoms with van der Waals surface area (Å²) in [5, 5.41) is 0. The van der Waals surface area contributed by atoms with Crippen LogP contribution in [-0.4, -0.2) is 18.3 Å². The standard InChI is InChI=1S/C10H17BO2/c1-6-7-8-11-12-9(2,3)10(4,5)13-11/h7H,1,8H2,2-5H3. The highest BCUT2D eigenvalue weighted by atomic mass is 16.7. The Morgan fingerprint density at radius 2 is 1.69 bits per heavy atom. The lowest BCUT2D eigenvalue weighted by Crippen LogP contribution is -2.41. The van der Waals surface area contributed by atoms with E-state index >= 15 is 0 Å². The molecule has 1 saturated heterocycles. The molecule has 0 bridgehead atoms. The average molecular weight is 180 g/mol. The van der Waals surface area contributed by atoms with Gasteiger partial charge in [-0.25, -0.2) is 0 Å². The van der Waals surface area contributed by atoms with E-state index < -0.39 is 0 Å². The molecular weight excluding hydrogens is 163 g/mol. The molecule has 0 unspecified atom stereocenters. The molecule has 72 valence electrons. The van der Waals surface area contributed by atoms with Gasteiger partial charge in [-0.15, -0.1) is 5.73 Å². The van der Waals surface area contributed by atoms with E-state index in [9.17, 15) is 0 Å². The zero-order valence-electron chi connectivity index (χ0n) is 8.89. The maximum absolute atomic E-state index is 5.74. The molecule has 1 heterocycles. The van der Waals surface area contributed by atoms with Gasteiger partial charge < -0.3 is 9.31 Å². The highest BCUT2D eigenvalue weighted by Gasteiger charge is 2.50. The van der Waals surface area contributed by atoms with Gasteiger partial charge in [-0.3, -0.25) is 0 Å². The van der Waals surface area contributed by atoms with Gasteiger partial charge in [0.2, 0.25) is 0 Å². The second-order valence-electron chi connectivity index (χ2n) is 4.33. The molecule has 1 aliphatic heterocycles. The molecular formula is C10H17BO2. The first-order valence-corrected chi connectivity index (χ1v) is 4.59. The number of hydrogen-bond acceptors (Lipinski definition) is 2. The summed E-state index contributed by atoms with van der Waals surface area (Å²) in [6.45, 7) is 11.7. The maximum Gasteiger partial charge on any atom is 0.462 e. The van der Waals surface area contributed by atoms with Gasteiger partial charge in [0.15, 0.2) is 0 Å². The Bertz CT molecular complexity index is 223. The van der Waals surface area contributed by atoms with Gasteiger partial charge in [0.1, 0.15) is 0 Å². The predicted molar refractivity (Wildman–Crippen MR) is 54.6 cm³/mol. The molecule has 0 aromatic carbocycles. The minimum absolute atomic E-state index is 0.153. The Kier molecular flexibility index (Phi) is 2.72. The van der Waals surface area contributed by atoms with Crippen LogP contribution in [0.2, 0.25) is 6.32 Å². The second kappa shape index (κ2) is 3.34. The highest BCUT2D eigenvalue weighted by Crippen LogP contribution is 2.37. The lowest BCUT2D eigenvalue weighted by molar-refractivity contribution is 0.00578. The van der Waals surface area contributed by atoms with E-state index in [2.05, 4.69) is 12.3 Å². The summed E-state index contributed by atoms with van der Waals surface area (Å²) in [7, 11) is -0.153. The minimum Gasteiger partial charge on any atom is -0.403 e. The van der Waals surface area contributed by atoms with Crippen molar-refractivity contribution >= 4 is 7.12 Å². The fourth-order valence-electron chi connectivity index (χ4n) is 1.24. The number of rotatable bonds is 2. The summed E-state index contributed by atoms with van der Waals surface area (Å²) < 4.78 is 11.5. The quantitative estimate of drug-likeness (QED) is 0.479. The minimum atomic E-state index is -0.229. The molecule has 1 fully saturated rings. The van der Waals surface area contributed by atoms with Crippen LogP contribution in [0.1, 0.15) is 27.7 Å².